The number of amides is 1. The van der Waals surface area contributed by atoms with Gasteiger partial charge in [0.15, 0.2) is 10.9 Å². The number of hydrogen-bond donors (Lipinski definition) is 1. The van der Waals surface area contributed by atoms with E-state index in [0.717, 1.165) is 54.3 Å². The topological polar surface area (TPSA) is 78.7 Å². The summed E-state index contributed by atoms with van der Waals surface area (Å²) in [7, 11) is 0. The lowest BCUT2D eigenvalue weighted by molar-refractivity contribution is -0.142. The molecule has 0 unspecified atom stereocenters. The van der Waals surface area contributed by atoms with Crippen LogP contribution in [0.3, 0.4) is 0 Å². The molecule has 5 nitrogen and oxygen atoms in total. The van der Waals surface area contributed by atoms with Gasteiger partial charge in [-0.05, 0) is 61.8 Å². The molecular formula is C25H29F3N4OS2. The van der Waals surface area contributed by atoms with E-state index in [1.54, 1.807) is 0 Å². The maximum Gasteiger partial charge on any atom is 0.433 e. The van der Waals surface area contributed by atoms with Crippen LogP contribution in [-0.2, 0) is 36.7 Å². The molecule has 0 aliphatic heterocycles. The third kappa shape index (κ3) is 5.51. The van der Waals surface area contributed by atoms with E-state index >= 15 is 0 Å². The molecule has 188 valence electrons. The van der Waals surface area contributed by atoms with Crippen LogP contribution in [0.5, 0.6) is 0 Å². The number of fused-ring (bicyclic) bond motifs is 2. The molecule has 2 heterocycles. The minimum absolute atomic E-state index is 0.0382. The van der Waals surface area contributed by atoms with Crippen molar-refractivity contribution in [3.05, 3.63) is 33.0 Å². The van der Waals surface area contributed by atoms with Gasteiger partial charge in [-0.2, -0.15) is 18.4 Å². The molecule has 0 radical (unpaired) electrons. The van der Waals surface area contributed by atoms with Crippen molar-refractivity contribution in [2.45, 2.75) is 83.5 Å². The number of rotatable bonds is 6. The van der Waals surface area contributed by atoms with Gasteiger partial charge in [0.2, 0.25) is 5.91 Å². The molecule has 35 heavy (non-hydrogen) atoms. The van der Waals surface area contributed by atoms with Gasteiger partial charge in [-0.3, -0.25) is 4.79 Å². The highest BCUT2D eigenvalue weighted by Gasteiger charge is 2.38. The van der Waals surface area contributed by atoms with Gasteiger partial charge in [-0.1, -0.05) is 39.0 Å². The maximum absolute atomic E-state index is 13.6. The van der Waals surface area contributed by atoms with Crippen molar-refractivity contribution in [3.63, 3.8) is 0 Å². The van der Waals surface area contributed by atoms with E-state index in [4.69, 9.17) is 0 Å². The number of nitrogens with one attached hydrogen (secondary N) is 1. The van der Waals surface area contributed by atoms with Crippen LogP contribution >= 0.6 is 23.1 Å². The smallest absolute Gasteiger partial charge is 0.316 e. The number of aryl methyl sites for hydroxylation is 1. The molecule has 4 rings (SSSR count). The van der Waals surface area contributed by atoms with Gasteiger partial charge in [-0.25, -0.2) is 9.97 Å². The average Bonchev–Trinajstić information content (AvgIpc) is 3.17. The molecule has 1 amide bonds. The molecule has 1 N–H and O–H groups in total. The second kappa shape index (κ2) is 10.1. The second-order valence-electron chi connectivity index (χ2n) is 9.92. The molecule has 1 atom stereocenters. The normalized spacial score (nSPS) is 17.9. The lowest BCUT2D eigenvalue weighted by Crippen LogP contribution is -2.28. The van der Waals surface area contributed by atoms with Crippen molar-refractivity contribution in [2.75, 3.05) is 11.1 Å². The Morgan fingerprint density at radius 3 is 2.63 bits per heavy atom. The number of carbonyl (C=O) groups is 1. The SMILES string of the molecule is CCC(C)(C)[C@@H]1CCc2c(sc(NC(=O)CSc3nc4c(c(C(F)(F)F)n3)CCCC4)c2C#N)C1. The van der Waals surface area contributed by atoms with Crippen molar-refractivity contribution in [1.82, 2.24) is 9.97 Å². The third-order valence-corrected chi connectivity index (χ3v) is 9.43. The molecule has 2 aromatic rings. The zero-order valence-corrected chi connectivity index (χ0v) is 21.8. The molecular weight excluding hydrogens is 493 g/mol. The number of halogens is 3. The molecule has 2 aromatic heterocycles. The molecule has 0 bridgehead atoms. The van der Waals surface area contributed by atoms with Crippen LogP contribution in [0.2, 0.25) is 0 Å². The van der Waals surface area contributed by atoms with Crippen molar-refractivity contribution in [2.24, 2.45) is 11.3 Å². The summed E-state index contributed by atoms with van der Waals surface area (Å²) in [4.78, 5) is 21.9. The Morgan fingerprint density at radius 1 is 1.20 bits per heavy atom. The standard InChI is InChI=1S/C25H29F3N4OS2/c1-4-24(2,3)14-9-10-15-17(12-29)22(35-19(15)11-14)31-20(33)13-34-23-30-18-8-6-5-7-16(18)21(32-23)25(26,27)28/h14H,4-11,13H2,1-3H3,(H,31,33)/t14-/m1/s1. The van der Waals surface area contributed by atoms with Gasteiger partial charge in [0.05, 0.1) is 11.3 Å². The van der Waals surface area contributed by atoms with Gasteiger partial charge >= 0.3 is 6.18 Å². The van der Waals surface area contributed by atoms with Crippen molar-refractivity contribution in [1.29, 1.82) is 5.26 Å². The number of aromatic nitrogens is 2. The first-order valence-corrected chi connectivity index (χ1v) is 13.8. The molecule has 0 saturated heterocycles. The molecule has 0 aromatic carbocycles. The van der Waals surface area contributed by atoms with Crippen LogP contribution in [0.15, 0.2) is 5.16 Å². The number of anilines is 1. The number of thioether (sulfide) groups is 1. The summed E-state index contributed by atoms with van der Waals surface area (Å²) in [5.41, 5.74) is 1.48. The summed E-state index contributed by atoms with van der Waals surface area (Å²) in [5, 5.41) is 13.1. The summed E-state index contributed by atoms with van der Waals surface area (Å²) in [6, 6.07) is 2.25. The number of nitrogens with zero attached hydrogens (tertiary/aromatic N) is 3. The summed E-state index contributed by atoms with van der Waals surface area (Å²) >= 11 is 2.34. The molecule has 10 heteroatoms. The van der Waals surface area contributed by atoms with E-state index < -0.39 is 11.9 Å². The Balaban J connectivity index is 1.47. The Labute approximate surface area is 211 Å². The molecule has 0 saturated carbocycles. The maximum atomic E-state index is 13.6. The Hall–Kier alpha value is -2.12. The van der Waals surface area contributed by atoms with Gasteiger partial charge in [0.25, 0.3) is 0 Å². The number of thiophene rings is 1. The van der Waals surface area contributed by atoms with Crippen LogP contribution in [0, 0.1) is 22.7 Å². The summed E-state index contributed by atoms with van der Waals surface area (Å²) in [5.74, 6) is 0.00774. The fraction of sp³-hybridized carbons (Fsp3) is 0.600. The van der Waals surface area contributed by atoms with Crippen molar-refractivity contribution in [3.8, 4) is 6.07 Å². The first-order valence-electron chi connectivity index (χ1n) is 12.0. The average molecular weight is 523 g/mol. The predicted molar refractivity (Wildman–Crippen MR) is 132 cm³/mol. The van der Waals surface area contributed by atoms with Gasteiger partial charge in [-0.15, -0.1) is 11.3 Å². The van der Waals surface area contributed by atoms with Gasteiger partial charge < -0.3 is 5.32 Å². The minimum Gasteiger partial charge on any atom is -0.316 e. The van der Waals surface area contributed by atoms with E-state index in [9.17, 15) is 23.2 Å². The zero-order valence-electron chi connectivity index (χ0n) is 20.1. The number of hydrogen-bond acceptors (Lipinski definition) is 6. The highest BCUT2D eigenvalue weighted by Crippen LogP contribution is 2.45. The Morgan fingerprint density at radius 2 is 1.94 bits per heavy atom. The fourth-order valence-electron chi connectivity index (χ4n) is 4.91. The van der Waals surface area contributed by atoms with E-state index in [1.807, 2.05) is 0 Å². The van der Waals surface area contributed by atoms with Gasteiger partial charge in [0.1, 0.15) is 11.1 Å². The van der Waals surface area contributed by atoms with Crippen LogP contribution in [0.25, 0.3) is 0 Å². The Kier molecular flexibility index (Phi) is 7.49. The first-order chi connectivity index (χ1) is 16.5. The quantitative estimate of drug-likeness (QED) is 0.342. The second-order valence-corrected chi connectivity index (χ2v) is 12.0. The summed E-state index contributed by atoms with van der Waals surface area (Å²) < 4.78 is 40.7. The molecule has 2 aliphatic carbocycles. The number of alkyl halides is 3. The number of nitriles is 1. The fourth-order valence-corrected chi connectivity index (χ4v) is 6.87. The minimum atomic E-state index is -4.55. The monoisotopic (exact) mass is 522 g/mol. The lowest BCUT2D eigenvalue weighted by atomic mass is 9.69. The van der Waals surface area contributed by atoms with Crippen LogP contribution in [0.4, 0.5) is 18.2 Å². The van der Waals surface area contributed by atoms with E-state index in [0.29, 0.717) is 41.4 Å². The highest BCUT2D eigenvalue weighted by atomic mass is 32.2. The van der Waals surface area contributed by atoms with Gasteiger partial charge in [0, 0.05) is 16.1 Å². The third-order valence-electron chi connectivity index (χ3n) is 7.41. The van der Waals surface area contributed by atoms with Crippen LogP contribution in [-0.4, -0.2) is 21.6 Å². The largest absolute Gasteiger partial charge is 0.433 e. The van der Waals surface area contributed by atoms with Crippen LogP contribution in [0.1, 0.15) is 79.4 Å². The molecule has 0 fully saturated rings. The zero-order chi connectivity index (χ0) is 25.4. The first kappa shape index (κ1) is 26.0. The van der Waals surface area contributed by atoms with E-state index in [2.05, 4.69) is 42.1 Å². The molecule has 0 spiro atoms. The lowest BCUT2D eigenvalue weighted by Gasteiger charge is -2.36. The molecule has 2 aliphatic rings. The van der Waals surface area contributed by atoms with Crippen molar-refractivity contribution >= 4 is 34.0 Å². The van der Waals surface area contributed by atoms with E-state index in [-0.39, 0.29) is 27.8 Å². The highest BCUT2D eigenvalue weighted by molar-refractivity contribution is 7.99. The van der Waals surface area contributed by atoms with Crippen molar-refractivity contribution < 1.29 is 18.0 Å². The summed E-state index contributed by atoms with van der Waals surface area (Å²) in [6.45, 7) is 6.74. The Bertz CT molecular complexity index is 1170. The van der Waals surface area contributed by atoms with E-state index in [1.165, 1.54) is 11.3 Å². The number of carbonyl (C=O) groups excluding carboxylic acids is 1. The predicted octanol–water partition coefficient (Wildman–Crippen LogP) is 6.58. The summed E-state index contributed by atoms with van der Waals surface area (Å²) in [6.07, 6.45) is 1.54. The van der Waals surface area contributed by atoms with Crippen LogP contribution < -0.4 is 5.32 Å².